The van der Waals surface area contributed by atoms with E-state index in [2.05, 4.69) is 5.32 Å². The predicted molar refractivity (Wildman–Crippen MR) is 98.6 cm³/mol. The van der Waals surface area contributed by atoms with Crippen molar-refractivity contribution >= 4 is 29.2 Å². The second-order valence-electron chi connectivity index (χ2n) is 6.59. The third-order valence-electron chi connectivity index (χ3n) is 4.56. The Morgan fingerprint density at radius 1 is 1.08 bits per heavy atom. The molecule has 0 unspecified atom stereocenters. The number of aryl methyl sites for hydroxylation is 3. The Morgan fingerprint density at radius 3 is 2.46 bits per heavy atom. The standard InChI is InChI=1S/C20H20N2O4/c1-11-4-7-15(13(3)8-11)21-16-10-18(23)22(19(16)24)17-9-14(20(25)26)6-5-12(17)2/h4-9,16,21H,10H2,1-3H3,(H,25,26)/t16-/m1/s1. The van der Waals surface area contributed by atoms with Crippen molar-refractivity contribution < 1.29 is 19.5 Å². The van der Waals surface area contributed by atoms with E-state index in [-0.39, 0.29) is 23.8 Å². The summed E-state index contributed by atoms with van der Waals surface area (Å²) < 4.78 is 0. The molecule has 2 aromatic carbocycles. The highest BCUT2D eigenvalue weighted by Gasteiger charge is 2.40. The van der Waals surface area contributed by atoms with Gasteiger partial charge in [-0.05, 0) is 50.1 Å². The summed E-state index contributed by atoms with van der Waals surface area (Å²) in [6.45, 7) is 5.67. The third-order valence-corrected chi connectivity index (χ3v) is 4.56. The maximum atomic E-state index is 12.8. The average molecular weight is 352 g/mol. The van der Waals surface area contributed by atoms with Gasteiger partial charge in [-0.3, -0.25) is 9.59 Å². The topological polar surface area (TPSA) is 86.7 Å². The molecule has 0 bridgehead atoms. The Labute approximate surface area is 151 Å². The van der Waals surface area contributed by atoms with Crippen LogP contribution in [0.25, 0.3) is 0 Å². The molecule has 3 rings (SSSR count). The van der Waals surface area contributed by atoms with E-state index in [0.29, 0.717) is 11.3 Å². The molecule has 0 aliphatic carbocycles. The van der Waals surface area contributed by atoms with E-state index in [1.54, 1.807) is 13.0 Å². The lowest BCUT2D eigenvalue weighted by molar-refractivity contribution is -0.121. The van der Waals surface area contributed by atoms with Crippen LogP contribution in [-0.2, 0) is 9.59 Å². The molecule has 134 valence electrons. The Balaban J connectivity index is 1.90. The first-order valence-corrected chi connectivity index (χ1v) is 8.32. The summed E-state index contributed by atoms with van der Waals surface area (Å²) in [6, 6.07) is 9.59. The first kappa shape index (κ1) is 17.7. The van der Waals surface area contributed by atoms with Crippen LogP contribution in [0.3, 0.4) is 0 Å². The SMILES string of the molecule is Cc1ccc(N[C@@H]2CC(=O)N(c3cc(C(=O)O)ccc3C)C2=O)c(C)c1. The van der Waals surface area contributed by atoms with Gasteiger partial charge in [-0.15, -0.1) is 0 Å². The van der Waals surface area contributed by atoms with Crippen LogP contribution in [0.1, 0.15) is 33.5 Å². The van der Waals surface area contributed by atoms with Gasteiger partial charge >= 0.3 is 5.97 Å². The number of benzene rings is 2. The molecule has 0 aromatic heterocycles. The number of carboxylic acid groups (broad SMARTS) is 1. The number of nitrogens with one attached hydrogen (secondary N) is 1. The van der Waals surface area contributed by atoms with Crippen LogP contribution in [0.2, 0.25) is 0 Å². The van der Waals surface area contributed by atoms with Gasteiger partial charge in [0.2, 0.25) is 5.91 Å². The van der Waals surface area contributed by atoms with Crippen LogP contribution in [0.5, 0.6) is 0 Å². The van der Waals surface area contributed by atoms with Crippen molar-refractivity contribution in [3.8, 4) is 0 Å². The van der Waals surface area contributed by atoms with Gasteiger partial charge in [-0.25, -0.2) is 9.69 Å². The van der Waals surface area contributed by atoms with E-state index in [1.165, 1.54) is 12.1 Å². The number of carbonyl (C=O) groups is 3. The number of rotatable bonds is 4. The quantitative estimate of drug-likeness (QED) is 0.826. The van der Waals surface area contributed by atoms with Gasteiger partial charge in [0, 0.05) is 5.69 Å². The Kier molecular flexibility index (Phi) is 4.50. The predicted octanol–water partition coefficient (Wildman–Crippen LogP) is 3.05. The highest BCUT2D eigenvalue weighted by atomic mass is 16.4. The molecule has 2 N–H and O–H groups in total. The van der Waals surface area contributed by atoms with E-state index in [9.17, 15) is 19.5 Å². The van der Waals surface area contributed by atoms with Crippen molar-refractivity contribution in [2.75, 3.05) is 10.2 Å². The molecule has 1 atom stereocenters. The number of imide groups is 1. The Morgan fingerprint density at radius 2 is 1.81 bits per heavy atom. The molecule has 1 aliphatic rings. The number of carbonyl (C=O) groups excluding carboxylic acids is 2. The molecule has 6 heteroatoms. The first-order valence-electron chi connectivity index (χ1n) is 8.32. The highest BCUT2D eigenvalue weighted by molar-refractivity contribution is 6.23. The van der Waals surface area contributed by atoms with Crippen LogP contribution < -0.4 is 10.2 Å². The smallest absolute Gasteiger partial charge is 0.335 e. The largest absolute Gasteiger partial charge is 0.478 e. The fourth-order valence-corrected chi connectivity index (χ4v) is 3.14. The van der Waals surface area contributed by atoms with E-state index >= 15 is 0 Å². The second kappa shape index (κ2) is 6.63. The van der Waals surface area contributed by atoms with E-state index in [4.69, 9.17) is 0 Å². The Bertz CT molecular complexity index is 920. The number of hydrogen-bond acceptors (Lipinski definition) is 4. The molecular weight excluding hydrogens is 332 g/mol. The van der Waals surface area contributed by atoms with E-state index < -0.39 is 12.0 Å². The minimum Gasteiger partial charge on any atom is -0.478 e. The van der Waals surface area contributed by atoms with Crippen molar-refractivity contribution in [3.63, 3.8) is 0 Å². The zero-order valence-corrected chi connectivity index (χ0v) is 14.9. The van der Waals surface area contributed by atoms with Gasteiger partial charge in [0.1, 0.15) is 6.04 Å². The van der Waals surface area contributed by atoms with Gasteiger partial charge in [-0.2, -0.15) is 0 Å². The van der Waals surface area contributed by atoms with Crippen LogP contribution >= 0.6 is 0 Å². The van der Waals surface area contributed by atoms with Gasteiger partial charge in [0.15, 0.2) is 0 Å². The normalized spacial score (nSPS) is 16.9. The number of hydrogen-bond donors (Lipinski definition) is 2. The number of amides is 2. The third kappa shape index (κ3) is 3.18. The average Bonchev–Trinajstić information content (AvgIpc) is 2.84. The van der Waals surface area contributed by atoms with Crippen molar-refractivity contribution in [1.82, 2.24) is 0 Å². The molecule has 0 saturated carbocycles. The molecular formula is C20H20N2O4. The minimum absolute atomic E-state index is 0.0306. The van der Waals surface area contributed by atoms with Crippen molar-refractivity contribution in [3.05, 3.63) is 58.7 Å². The fraction of sp³-hybridized carbons (Fsp3) is 0.250. The number of anilines is 2. The molecule has 1 heterocycles. The maximum absolute atomic E-state index is 12.8. The molecule has 0 radical (unpaired) electrons. The second-order valence-corrected chi connectivity index (χ2v) is 6.59. The lowest BCUT2D eigenvalue weighted by Gasteiger charge is -2.19. The Hall–Kier alpha value is -3.15. The lowest BCUT2D eigenvalue weighted by Crippen LogP contribution is -2.35. The minimum atomic E-state index is -1.10. The monoisotopic (exact) mass is 352 g/mol. The molecule has 2 amide bonds. The van der Waals surface area contributed by atoms with E-state index in [0.717, 1.165) is 21.7 Å². The molecule has 1 aliphatic heterocycles. The lowest BCUT2D eigenvalue weighted by atomic mass is 10.1. The summed E-state index contributed by atoms with van der Waals surface area (Å²) in [4.78, 5) is 37.6. The fourth-order valence-electron chi connectivity index (χ4n) is 3.14. The van der Waals surface area contributed by atoms with Gasteiger partial charge in [0.05, 0.1) is 17.7 Å². The van der Waals surface area contributed by atoms with Crippen molar-refractivity contribution in [2.24, 2.45) is 0 Å². The summed E-state index contributed by atoms with van der Waals surface area (Å²) in [7, 11) is 0. The van der Waals surface area contributed by atoms with Gasteiger partial charge in [0.25, 0.3) is 5.91 Å². The summed E-state index contributed by atoms with van der Waals surface area (Å²) in [5, 5.41) is 12.3. The molecule has 26 heavy (non-hydrogen) atoms. The van der Waals surface area contributed by atoms with Crippen LogP contribution in [0.4, 0.5) is 11.4 Å². The van der Waals surface area contributed by atoms with Crippen molar-refractivity contribution in [2.45, 2.75) is 33.2 Å². The first-order chi connectivity index (χ1) is 12.3. The van der Waals surface area contributed by atoms with Crippen molar-refractivity contribution in [1.29, 1.82) is 0 Å². The molecule has 6 nitrogen and oxygen atoms in total. The number of nitrogens with zero attached hydrogens (tertiary/aromatic N) is 1. The zero-order valence-electron chi connectivity index (χ0n) is 14.9. The number of carboxylic acids is 1. The van der Waals surface area contributed by atoms with Gasteiger partial charge in [-0.1, -0.05) is 23.8 Å². The van der Waals surface area contributed by atoms with Gasteiger partial charge < -0.3 is 10.4 Å². The number of aromatic carboxylic acids is 1. The van der Waals surface area contributed by atoms with Crippen LogP contribution in [0, 0.1) is 20.8 Å². The summed E-state index contributed by atoms with van der Waals surface area (Å²) >= 11 is 0. The molecule has 1 saturated heterocycles. The summed E-state index contributed by atoms with van der Waals surface area (Å²) in [5.41, 5.74) is 3.95. The highest BCUT2D eigenvalue weighted by Crippen LogP contribution is 2.29. The molecule has 0 spiro atoms. The summed E-state index contributed by atoms with van der Waals surface area (Å²) in [5.74, 6) is -1.82. The maximum Gasteiger partial charge on any atom is 0.335 e. The zero-order chi connectivity index (χ0) is 19.0. The summed E-state index contributed by atoms with van der Waals surface area (Å²) in [6.07, 6.45) is 0.0306. The molecule has 1 fully saturated rings. The van der Waals surface area contributed by atoms with E-state index in [1.807, 2.05) is 32.0 Å². The van der Waals surface area contributed by atoms with Crippen LogP contribution in [-0.4, -0.2) is 28.9 Å². The molecule has 2 aromatic rings. The van der Waals surface area contributed by atoms with Crippen LogP contribution in [0.15, 0.2) is 36.4 Å².